The predicted molar refractivity (Wildman–Crippen MR) is 101 cm³/mol. The molecule has 0 aliphatic carbocycles. The molecule has 2 aromatic heterocycles. The van der Waals surface area contributed by atoms with Gasteiger partial charge in [0.25, 0.3) is 5.56 Å². The van der Waals surface area contributed by atoms with Gasteiger partial charge in [0, 0.05) is 5.75 Å². The van der Waals surface area contributed by atoms with E-state index < -0.39 is 0 Å². The van der Waals surface area contributed by atoms with Crippen molar-refractivity contribution in [3.63, 3.8) is 0 Å². The van der Waals surface area contributed by atoms with E-state index in [0.29, 0.717) is 5.39 Å². The largest absolute Gasteiger partial charge is 0.268 e. The predicted octanol–water partition coefficient (Wildman–Crippen LogP) is 4.74. The Morgan fingerprint density at radius 3 is 2.42 bits per heavy atom. The van der Waals surface area contributed by atoms with Crippen LogP contribution in [0.25, 0.3) is 15.9 Å². The molecule has 0 atom stereocenters. The van der Waals surface area contributed by atoms with Crippen LogP contribution in [-0.4, -0.2) is 9.55 Å². The number of nitrogens with zero attached hydrogens (tertiary/aromatic N) is 2. The molecule has 0 N–H and O–H groups in total. The summed E-state index contributed by atoms with van der Waals surface area (Å²) in [7, 11) is 0. The maximum absolute atomic E-state index is 12.9. The number of thiophene rings is 1. The summed E-state index contributed by atoms with van der Waals surface area (Å²) in [4.78, 5) is 18.5. The van der Waals surface area contributed by atoms with E-state index in [4.69, 9.17) is 4.98 Å². The molecule has 0 fully saturated rings. The third-order valence-electron chi connectivity index (χ3n) is 3.69. The Hall–Kier alpha value is -2.37. The second-order valence-electron chi connectivity index (χ2n) is 5.28. The SMILES string of the molecule is O=c1c2ccsc2nc(SCc2ccccc2)n1-c1ccccc1. The number of rotatable bonds is 4. The second-order valence-corrected chi connectivity index (χ2v) is 7.12. The van der Waals surface area contributed by atoms with Crippen LogP contribution in [0, 0.1) is 0 Å². The highest BCUT2D eigenvalue weighted by Crippen LogP contribution is 2.26. The van der Waals surface area contributed by atoms with Gasteiger partial charge < -0.3 is 0 Å². The van der Waals surface area contributed by atoms with Gasteiger partial charge in [0.05, 0.1) is 11.1 Å². The highest BCUT2D eigenvalue weighted by molar-refractivity contribution is 7.98. The third-order valence-corrected chi connectivity index (χ3v) is 5.51. The van der Waals surface area contributed by atoms with Crippen LogP contribution in [0.2, 0.25) is 0 Å². The molecule has 5 heteroatoms. The van der Waals surface area contributed by atoms with Gasteiger partial charge in [-0.1, -0.05) is 60.3 Å². The molecule has 0 spiro atoms. The lowest BCUT2D eigenvalue weighted by Crippen LogP contribution is -2.21. The van der Waals surface area contributed by atoms with Crippen LogP contribution in [0.5, 0.6) is 0 Å². The zero-order valence-electron chi connectivity index (χ0n) is 12.8. The van der Waals surface area contributed by atoms with Gasteiger partial charge in [-0.3, -0.25) is 9.36 Å². The normalized spacial score (nSPS) is 11.0. The Kier molecular flexibility index (Phi) is 4.19. The van der Waals surface area contributed by atoms with Crippen LogP contribution in [0.15, 0.2) is 82.1 Å². The van der Waals surface area contributed by atoms with E-state index >= 15 is 0 Å². The average molecular weight is 350 g/mol. The van der Waals surface area contributed by atoms with Crippen LogP contribution in [0.1, 0.15) is 5.56 Å². The Morgan fingerprint density at radius 1 is 0.958 bits per heavy atom. The molecule has 0 aliphatic heterocycles. The van der Waals surface area contributed by atoms with Crippen LogP contribution in [0.3, 0.4) is 0 Å². The molecule has 0 saturated carbocycles. The van der Waals surface area contributed by atoms with Gasteiger partial charge in [0.2, 0.25) is 0 Å². The fourth-order valence-electron chi connectivity index (χ4n) is 2.52. The van der Waals surface area contributed by atoms with Crippen molar-refractivity contribution >= 4 is 33.3 Å². The molecule has 0 bridgehead atoms. The van der Waals surface area contributed by atoms with E-state index in [2.05, 4.69) is 12.1 Å². The van der Waals surface area contributed by atoms with Crippen molar-refractivity contribution in [2.75, 3.05) is 0 Å². The lowest BCUT2D eigenvalue weighted by Gasteiger charge is -2.12. The third kappa shape index (κ3) is 2.88. The molecule has 24 heavy (non-hydrogen) atoms. The van der Waals surface area contributed by atoms with E-state index in [1.165, 1.54) is 16.9 Å². The average Bonchev–Trinajstić information content (AvgIpc) is 3.10. The van der Waals surface area contributed by atoms with Gasteiger partial charge in [0.15, 0.2) is 5.16 Å². The minimum absolute atomic E-state index is 0.0111. The summed E-state index contributed by atoms with van der Waals surface area (Å²) in [6, 6.07) is 21.8. The van der Waals surface area contributed by atoms with Crippen LogP contribution in [0.4, 0.5) is 0 Å². The standard InChI is InChI=1S/C19H14N2OS2/c22-18-16-11-12-23-17(16)20-19(21(18)15-9-5-2-6-10-15)24-13-14-7-3-1-4-8-14/h1-12H,13H2. The minimum Gasteiger partial charge on any atom is -0.268 e. The Labute approximate surface area is 147 Å². The van der Waals surface area contributed by atoms with Crippen LogP contribution < -0.4 is 5.56 Å². The maximum Gasteiger partial charge on any atom is 0.267 e. The summed E-state index contributed by atoms with van der Waals surface area (Å²) in [6.45, 7) is 0. The first-order chi connectivity index (χ1) is 11.8. The molecule has 0 aliphatic rings. The van der Waals surface area contributed by atoms with Crippen molar-refractivity contribution < 1.29 is 0 Å². The van der Waals surface area contributed by atoms with Gasteiger partial charge in [-0.25, -0.2) is 4.98 Å². The molecule has 4 rings (SSSR count). The van der Waals surface area contributed by atoms with E-state index in [1.54, 1.807) is 16.3 Å². The Bertz CT molecular complexity index is 1020. The van der Waals surface area contributed by atoms with E-state index in [9.17, 15) is 4.79 Å². The molecule has 2 heterocycles. The number of aromatic nitrogens is 2. The van der Waals surface area contributed by atoms with Crippen molar-refractivity contribution in [1.29, 1.82) is 0 Å². The van der Waals surface area contributed by atoms with Crippen molar-refractivity contribution in [2.45, 2.75) is 10.9 Å². The summed E-state index contributed by atoms with van der Waals surface area (Å²) in [5, 5.41) is 3.32. The van der Waals surface area contributed by atoms with Gasteiger partial charge in [-0.2, -0.15) is 0 Å². The first-order valence-corrected chi connectivity index (χ1v) is 9.42. The second kappa shape index (κ2) is 6.63. The van der Waals surface area contributed by atoms with E-state index in [-0.39, 0.29) is 5.56 Å². The summed E-state index contributed by atoms with van der Waals surface area (Å²) in [6.07, 6.45) is 0. The summed E-state index contributed by atoms with van der Waals surface area (Å²) < 4.78 is 1.71. The van der Waals surface area contributed by atoms with Gasteiger partial charge >= 0.3 is 0 Å². The molecule has 0 radical (unpaired) electrons. The number of hydrogen-bond donors (Lipinski definition) is 0. The quantitative estimate of drug-likeness (QED) is 0.394. The number of benzene rings is 2. The fourth-order valence-corrected chi connectivity index (χ4v) is 4.29. The molecular formula is C19H14N2OS2. The highest BCUT2D eigenvalue weighted by Gasteiger charge is 2.14. The topological polar surface area (TPSA) is 34.9 Å². The van der Waals surface area contributed by atoms with Crippen molar-refractivity contribution in [3.05, 3.63) is 88.0 Å². The van der Waals surface area contributed by atoms with Crippen molar-refractivity contribution in [1.82, 2.24) is 9.55 Å². The molecule has 0 unspecified atom stereocenters. The molecule has 4 aromatic rings. The minimum atomic E-state index is -0.0111. The van der Waals surface area contributed by atoms with Crippen molar-refractivity contribution in [2.24, 2.45) is 0 Å². The lowest BCUT2D eigenvalue weighted by atomic mass is 10.2. The number of thioether (sulfide) groups is 1. The Morgan fingerprint density at radius 2 is 1.67 bits per heavy atom. The number of para-hydroxylation sites is 1. The lowest BCUT2D eigenvalue weighted by molar-refractivity contribution is 0.822. The highest BCUT2D eigenvalue weighted by atomic mass is 32.2. The first-order valence-electron chi connectivity index (χ1n) is 7.55. The van der Waals surface area contributed by atoms with Gasteiger partial charge in [-0.05, 0) is 29.1 Å². The summed E-state index contributed by atoms with van der Waals surface area (Å²) in [5.41, 5.74) is 2.05. The zero-order valence-corrected chi connectivity index (χ0v) is 14.4. The summed E-state index contributed by atoms with van der Waals surface area (Å²) >= 11 is 3.09. The monoisotopic (exact) mass is 350 g/mol. The van der Waals surface area contributed by atoms with Gasteiger partial charge in [0.1, 0.15) is 4.83 Å². The molecular weight excluding hydrogens is 336 g/mol. The van der Waals surface area contributed by atoms with Crippen LogP contribution in [-0.2, 0) is 5.75 Å². The smallest absolute Gasteiger partial charge is 0.267 e. The fraction of sp³-hybridized carbons (Fsp3) is 0.0526. The van der Waals surface area contributed by atoms with Crippen LogP contribution >= 0.6 is 23.1 Å². The van der Waals surface area contributed by atoms with Gasteiger partial charge in [-0.15, -0.1) is 11.3 Å². The Balaban J connectivity index is 1.82. The number of fused-ring (bicyclic) bond motifs is 1. The number of hydrogen-bond acceptors (Lipinski definition) is 4. The molecule has 0 saturated heterocycles. The van der Waals surface area contributed by atoms with Crippen molar-refractivity contribution in [3.8, 4) is 5.69 Å². The maximum atomic E-state index is 12.9. The molecule has 3 nitrogen and oxygen atoms in total. The van der Waals surface area contributed by atoms with E-state index in [0.717, 1.165) is 21.4 Å². The molecule has 0 amide bonds. The van der Waals surface area contributed by atoms with E-state index in [1.807, 2.05) is 60.0 Å². The summed E-state index contributed by atoms with van der Waals surface area (Å²) in [5.74, 6) is 0.775. The first kappa shape index (κ1) is 15.2. The molecule has 2 aromatic carbocycles. The zero-order chi connectivity index (χ0) is 16.4. The molecule has 118 valence electrons.